The summed E-state index contributed by atoms with van der Waals surface area (Å²) >= 11 is 0. The van der Waals surface area contributed by atoms with Crippen molar-refractivity contribution in [2.45, 2.75) is 232 Å². The molecule has 0 aromatic heterocycles. The lowest BCUT2D eigenvalue weighted by Crippen LogP contribution is -2.30. The van der Waals surface area contributed by atoms with Crippen molar-refractivity contribution in [3.63, 3.8) is 0 Å². The minimum absolute atomic E-state index is 0.0577. The van der Waals surface area contributed by atoms with Crippen LogP contribution in [0.2, 0.25) is 0 Å². The topological polar surface area (TPSA) is 61.8 Å². The molecular weight excluding hydrogens is 741 g/mol. The molecule has 0 saturated carbocycles. The number of carbonyl (C=O) groups is 2. The van der Waals surface area contributed by atoms with E-state index in [0.29, 0.717) is 19.4 Å². The Morgan fingerprint density at radius 2 is 0.750 bits per heavy atom. The SMILES string of the molecule is CC/C=C\C/C=C\C/C=C\C/C=C\C/C=C\C/C=C\CCCOCC(COC(=O)CCCCCCCCC/C=C\CCCCCCCC)OC(=O)CCCCCCCCC. The van der Waals surface area contributed by atoms with Crippen LogP contribution in [0.5, 0.6) is 0 Å². The highest BCUT2D eigenvalue weighted by atomic mass is 16.6. The number of allylic oxidation sites excluding steroid dienone is 14. The lowest BCUT2D eigenvalue weighted by Gasteiger charge is -2.18. The first-order valence-corrected chi connectivity index (χ1v) is 25.1. The van der Waals surface area contributed by atoms with Gasteiger partial charge in [0.1, 0.15) is 6.61 Å². The van der Waals surface area contributed by atoms with Crippen LogP contribution < -0.4 is 0 Å². The number of ether oxygens (including phenoxy) is 3. The highest BCUT2D eigenvalue weighted by Crippen LogP contribution is 2.13. The van der Waals surface area contributed by atoms with Gasteiger partial charge in [0, 0.05) is 19.4 Å². The first-order valence-electron chi connectivity index (χ1n) is 25.1. The Balaban J connectivity index is 4.24. The standard InChI is InChI=1S/C55H94O5/c1-4-7-10-13-16-18-20-22-24-26-27-28-30-32-34-36-38-41-44-47-50-58-51-53(60-55(57)49-46-43-39-15-12-9-6-3)52-59-54(56)48-45-42-40-37-35-33-31-29-25-23-21-19-17-14-11-8-5-2/h7,10,16,18,22-25,27-28,32,34,38,41,53H,4-6,8-9,11-15,17,19-21,26,29-31,33,35-37,39-40,42-52H2,1-3H3/b10-7-,18-16-,24-22-,25-23-,28-27-,34-32-,41-38-. The summed E-state index contributed by atoms with van der Waals surface area (Å²) in [5.74, 6) is -0.441. The molecule has 0 radical (unpaired) electrons. The molecule has 0 fully saturated rings. The number of rotatable bonds is 45. The van der Waals surface area contributed by atoms with Gasteiger partial charge in [0.25, 0.3) is 0 Å². The average molecular weight is 835 g/mol. The van der Waals surface area contributed by atoms with Crippen molar-refractivity contribution >= 4 is 11.9 Å². The van der Waals surface area contributed by atoms with Crippen molar-refractivity contribution < 1.29 is 23.8 Å². The second kappa shape index (κ2) is 50.4. The van der Waals surface area contributed by atoms with E-state index in [0.717, 1.165) is 89.9 Å². The molecule has 0 spiro atoms. The lowest BCUT2D eigenvalue weighted by atomic mass is 10.1. The minimum atomic E-state index is -0.567. The summed E-state index contributed by atoms with van der Waals surface area (Å²) in [5, 5.41) is 0. The van der Waals surface area contributed by atoms with E-state index in [2.05, 4.69) is 106 Å². The summed E-state index contributed by atoms with van der Waals surface area (Å²) in [6.07, 6.45) is 66.1. The number of hydrogen-bond acceptors (Lipinski definition) is 5. The van der Waals surface area contributed by atoms with E-state index in [1.54, 1.807) is 0 Å². The normalized spacial score (nSPS) is 12.9. The van der Waals surface area contributed by atoms with Gasteiger partial charge in [-0.25, -0.2) is 0 Å². The molecule has 0 aromatic rings. The van der Waals surface area contributed by atoms with E-state index in [9.17, 15) is 9.59 Å². The maximum absolute atomic E-state index is 12.7. The van der Waals surface area contributed by atoms with Crippen LogP contribution in [0, 0.1) is 0 Å². The zero-order valence-electron chi connectivity index (χ0n) is 39.5. The molecule has 0 bridgehead atoms. The lowest BCUT2D eigenvalue weighted by molar-refractivity contribution is -0.163. The summed E-state index contributed by atoms with van der Waals surface area (Å²) < 4.78 is 17.2. The first kappa shape index (κ1) is 57.1. The molecule has 0 aliphatic heterocycles. The fourth-order valence-corrected chi connectivity index (χ4v) is 6.70. The molecule has 1 unspecified atom stereocenters. The second-order valence-corrected chi connectivity index (χ2v) is 16.3. The van der Waals surface area contributed by atoms with Crippen LogP contribution >= 0.6 is 0 Å². The Bertz CT molecular complexity index is 1130. The Kier molecular flexibility index (Phi) is 48.0. The molecule has 60 heavy (non-hydrogen) atoms. The molecule has 0 N–H and O–H groups in total. The van der Waals surface area contributed by atoms with Gasteiger partial charge in [0.2, 0.25) is 0 Å². The molecule has 0 aromatic carbocycles. The molecule has 0 aliphatic carbocycles. The molecule has 344 valence electrons. The van der Waals surface area contributed by atoms with Crippen molar-refractivity contribution in [3.8, 4) is 0 Å². The monoisotopic (exact) mass is 835 g/mol. The van der Waals surface area contributed by atoms with Crippen LogP contribution in [0.3, 0.4) is 0 Å². The van der Waals surface area contributed by atoms with Crippen molar-refractivity contribution in [1.29, 1.82) is 0 Å². The van der Waals surface area contributed by atoms with Gasteiger partial charge in [-0.15, -0.1) is 0 Å². The predicted octanol–water partition coefficient (Wildman–Crippen LogP) is 16.9. The van der Waals surface area contributed by atoms with E-state index in [1.165, 1.54) is 103 Å². The molecular formula is C55H94O5. The summed E-state index contributed by atoms with van der Waals surface area (Å²) in [6, 6.07) is 0. The van der Waals surface area contributed by atoms with E-state index in [-0.39, 0.29) is 25.2 Å². The third-order valence-corrected chi connectivity index (χ3v) is 10.4. The third kappa shape index (κ3) is 47.8. The average Bonchev–Trinajstić information content (AvgIpc) is 3.25. The van der Waals surface area contributed by atoms with Gasteiger partial charge in [-0.05, 0) is 89.9 Å². The van der Waals surface area contributed by atoms with Gasteiger partial charge in [0.05, 0.1) is 6.61 Å². The van der Waals surface area contributed by atoms with Gasteiger partial charge < -0.3 is 14.2 Å². The van der Waals surface area contributed by atoms with E-state index < -0.39 is 6.10 Å². The fraction of sp³-hybridized carbons (Fsp3) is 0.709. The fourth-order valence-electron chi connectivity index (χ4n) is 6.70. The van der Waals surface area contributed by atoms with Crippen LogP contribution in [0.25, 0.3) is 0 Å². The minimum Gasteiger partial charge on any atom is -0.462 e. The van der Waals surface area contributed by atoms with Crippen LogP contribution in [-0.2, 0) is 23.8 Å². The Labute approximate surface area is 371 Å². The quantitative estimate of drug-likeness (QED) is 0.0347. The molecule has 0 rings (SSSR count). The largest absolute Gasteiger partial charge is 0.462 e. The third-order valence-electron chi connectivity index (χ3n) is 10.4. The summed E-state index contributed by atoms with van der Waals surface area (Å²) in [6.45, 7) is 7.53. The zero-order valence-corrected chi connectivity index (χ0v) is 39.5. The van der Waals surface area contributed by atoms with E-state index in [1.807, 2.05) is 0 Å². The molecule has 1 atom stereocenters. The Morgan fingerprint density at radius 3 is 1.22 bits per heavy atom. The Morgan fingerprint density at radius 1 is 0.383 bits per heavy atom. The number of unbranched alkanes of at least 4 members (excludes halogenated alkanes) is 20. The highest BCUT2D eigenvalue weighted by molar-refractivity contribution is 5.70. The molecule has 5 nitrogen and oxygen atoms in total. The zero-order chi connectivity index (χ0) is 43.5. The Hall–Kier alpha value is -2.92. The molecule has 0 heterocycles. The van der Waals surface area contributed by atoms with Crippen molar-refractivity contribution in [2.24, 2.45) is 0 Å². The van der Waals surface area contributed by atoms with Crippen LogP contribution in [0.4, 0.5) is 0 Å². The van der Waals surface area contributed by atoms with Crippen molar-refractivity contribution in [2.75, 3.05) is 19.8 Å². The van der Waals surface area contributed by atoms with E-state index >= 15 is 0 Å². The number of hydrogen-bond donors (Lipinski definition) is 0. The molecule has 5 heteroatoms. The predicted molar refractivity (Wildman–Crippen MR) is 260 cm³/mol. The maximum Gasteiger partial charge on any atom is 0.306 e. The second-order valence-electron chi connectivity index (χ2n) is 16.3. The molecule has 0 aliphatic rings. The summed E-state index contributed by atoms with van der Waals surface area (Å²) in [5.41, 5.74) is 0. The molecule has 0 saturated heterocycles. The maximum atomic E-state index is 12.7. The smallest absolute Gasteiger partial charge is 0.306 e. The van der Waals surface area contributed by atoms with E-state index in [4.69, 9.17) is 14.2 Å². The van der Waals surface area contributed by atoms with Crippen LogP contribution in [0.15, 0.2) is 85.1 Å². The molecule has 0 amide bonds. The number of carbonyl (C=O) groups excluding carboxylic acids is 2. The van der Waals surface area contributed by atoms with Gasteiger partial charge >= 0.3 is 11.9 Å². The van der Waals surface area contributed by atoms with Crippen LogP contribution in [0.1, 0.15) is 226 Å². The van der Waals surface area contributed by atoms with Gasteiger partial charge in [-0.1, -0.05) is 209 Å². The van der Waals surface area contributed by atoms with Crippen LogP contribution in [-0.4, -0.2) is 37.9 Å². The van der Waals surface area contributed by atoms with Gasteiger partial charge in [-0.2, -0.15) is 0 Å². The summed E-state index contributed by atoms with van der Waals surface area (Å²) in [7, 11) is 0. The summed E-state index contributed by atoms with van der Waals surface area (Å²) in [4.78, 5) is 25.2. The first-order chi connectivity index (χ1) is 29.6. The van der Waals surface area contributed by atoms with Crippen molar-refractivity contribution in [3.05, 3.63) is 85.1 Å². The number of esters is 2. The highest BCUT2D eigenvalue weighted by Gasteiger charge is 2.17. The van der Waals surface area contributed by atoms with Gasteiger partial charge in [0.15, 0.2) is 6.10 Å². The van der Waals surface area contributed by atoms with Crippen molar-refractivity contribution in [1.82, 2.24) is 0 Å². The van der Waals surface area contributed by atoms with Gasteiger partial charge in [-0.3, -0.25) is 9.59 Å².